The lowest BCUT2D eigenvalue weighted by Crippen LogP contribution is -2.28. The lowest BCUT2D eigenvalue weighted by Gasteiger charge is -2.10. The molecule has 1 amide bonds. The highest BCUT2D eigenvalue weighted by atomic mass is 32.2. The van der Waals surface area contributed by atoms with Gasteiger partial charge in [0.05, 0.1) is 13.0 Å². The first-order valence-electron chi connectivity index (χ1n) is 7.77. The van der Waals surface area contributed by atoms with Crippen molar-refractivity contribution in [3.63, 3.8) is 0 Å². The van der Waals surface area contributed by atoms with Crippen LogP contribution in [0.15, 0.2) is 24.3 Å². The molecule has 0 saturated carbocycles. The summed E-state index contributed by atoms with van der Waals surface area (Å²) in [5.41, 5.74) is -3.20. The number of nitrogens with one attached hydrogen (secondary N) is 1. The molecular formula is C15H18F3NO7S. The lowest BCUT2D eigenvalue weighted by molar-refractivity contribution is -0.149. The number of hydrogen-bond acceptors (Lipinski definition) is 7. The molecule has 27 heavy (non-hydrogen) atoms. The SMILES string of the molecule is CCCCOC(=O)NOC(=O)CCc1ccc(OS(=O)(=O)C(F)(F)F)cc1. The van der Waals surface area contributed by atoms with Gasteiger partial charge >= 0.3 is 27.7 Å². The summed E-state index contributed by atoms with van der Waals surface area (Å²) in [5.74, 6) is -1.28. The van der Waals surface area contributed by atoms with Crippen LogP contribution in [0.5, 0.6) is 5.75 Å². The average Bonchev–Trinajstić information content (AvgIpc) is 2.58. The van der Waals surface area contributed by atoms with Gasteiger partial charge < -0.3 is 13.8 Å². The second kappa shape index (κ2) is 10.00. The van der Waals surface area contributed by atoms with Crippen LogP contribution in [-0.2, 0) is 30.9 Å². The summed E-state index contributed by atoms with van der Waals surface area (Å²) in [6.07, 6.45) is 0.599. The van der Waals surface area contributed by atoms with E-state index in [0.717, 1.165) is 18.6 Å². The minimum atomic E-state index is -5.74. The van der Waals surface area contributed by atoms with Gasteiger partial charge in [0.25, 0.3) is 0 Å². The molecule has 12 heteroatoms. The van der Waals surface area contributed by atoms with Gasteiger partial charge in [0, 0.05) is 0 Å². The van der Waals surface area contributed by atoms with Gasteiger partial charge in [-0.2, -0.15) is 21.6 Å². The molecule has 0 aromatic heterocycles. The molecule has 0 fully saturated rings. The Bertz CT molecular complexity index is 733. The number of carbonyl (C=O) groups excluding carboxylic acids is 2. The van der Waals surface area contributed by atoms with Crippen molar-refractivity contribution in [2.75, 3.05) is 6.61 Å². The molecule has 0 unspecified atom stereocenters. The van der Waals surface area contributed by atoms with Crippen LogP contribution in [0, 0.1) is 0 Å². The summed E-state index contributed by atoms with van der Waals surface area (Å²) in [5, 5.41) is 0. The molecule has 0 saturated heterocycles. The van der Waals surface area contributed by atoms with E-state index in [4.69, 9.17) is 4.74 Å². The van der Waals surface area contributed by atoms with E-state index in [1.807, 2.05) is 12.4 Å². The molecule has 0 aliphatic rings. The molecule has 0 spiro atoms. The number of hydrogen-bond donors (Lipinski definition) is 1. The monoisotopic (exact) mass is 413 g/mol. The Balaban J connectivity index is 2.41. The summed E-state index contributed by atoms with van der Waals surface area (Å²) in [6.45, 7) is 2.10. The van der Waals surface area contributed by atoms with Gasteiger partial charge in [-0.15, -0.1) is 5.48 Å². The number of carbonyl (C=O) groups is 2. The van der Waals surface area contributed by atoms with E-state index < -0.39 is 33.4 Å². The van der Waals surface area contributed by atoms with Crippen LogP contribution >= 0.6 is 0 Å². The summed E-state index contributed by atoms with van der Waals surface area (Å²) >= 11 is 0. The highest BCUT2D eigenvalue weighted by Crippen LogP contribution is 2.27. The van der Waals surface area contributed by atoms with Gasteiger partial charge in [0.1, 0.15) is 5.75 Å². The van der Waals surface area contributed by atoms with Crippen LogP contribution in [0.3, 0.4) is 0 Å². The minimum Gasteiger partial charge on any atom is -0.447 e. The Hall–Kier alpha value is -2.50. The fourth-order valence-corrected chi connectivity index (χ4v) is 2.08. The van der Waals surface area contributed by atoms with Crippen LogP contribution in [0.25, 0.3) is 0 Å². The first kappa shape index (κ1) is 22.5. The van der Waals surface area contributed by atoms with E-state index in [1.165, 1.54) is 12.1 Å². The van der Waals surface area contributed by atoms with Crippen molar-refractivity contribution in [3.05, 3.63) is 29.8 Å². The molecule has 1 aromatic rings. The Morgan fingerprint density at radius 1 is 1.15 bits per heavy atom. The largest absolute Gasteiger partial charge is 0.534 e. The Labute approximate surface area is 153 Å². The first-order chi connectivity index (χ1) is 12.5. The van der Waals surface area contributed by atoms with E-state index in [9.17, 15) is 31.2 Å². The molecule has 152 valence electrons. The topological polar surface area (TPSA) is 108 Å². The molecule has 1 rings (SSSR count). The molecule has 0 bridgehead atoms. The van der Waals surface area contributed by atoms with Crippen LogP contribution in [0.4, 0.5) is 18.0 Å². The van der Waals surface area contributed by atoms with Gasteiger partial charge in [-0.05, 0) is 30.5 Å². The van der Waals surface area contributed by atoms with Crippen molar-refractivity contribution in [2.24, 2.45) is 0 Å². The highest BCUT2D eigenvalue weighted by molar-refractivity contribution is 7.88. The molecule has 8 nitrogen and oxygen atoms in total. The second-order valence-electron chi connectivity index (χ2n) is 5.19. The van der Waals surface area contributed by atoms with Gasteiger partial charge in [-0.1, -0.05) is 25.5 Å². The summed E-state index contributed by atoms with van der Waals surface area (Å²) in [6, 6.07) is 4.63. The summed E-state index contributed by atoms with van der Waals surface area (Å²) in [7, 11) is -5.74. The molecule has 1 N–H and O–H groups in total. The first-order valence-corrected chi connectivity index (χ1v) is 9.18. The molecule has 1 aromatic carbocycles. The zero-order chi connectivity index (χ0) is 20.5. The van der Waals surface area contributed by atoms with E-state index in [1.54, 1.807) is 0 Å². The molecule has 0 heterocycles. The molecule has 0 aliphatic heterocycles. The highest BCUT2D eigenvalue weighted by Gasteiger charge is 2.48. The Morgan fingerprint density at radius 3 is 2.33 bits per heavy atom. The quantitative estimate of drug-likeness (QED) is 0.302. The number of amides is 1. The van der Waals surface area contributed by atoms with Crippen LogP contribution < -0.4 is 9.66 Å². The van der Waals surface area contributed by atoms with Gasteiger partial charge in [-0.3, -0.25) is 0 Å². The van der Waals surface area contributed by atoms with Crippen LogP contribution in [0.1, 0.15) is 31.7 Å². The smallest absolute Gasteiger partial charge is 0.447 e. The second-order valence-corrected chi connectivity index (χ2v) is 6.73. The third-order valence-corrected chi connectivity index (χ3v) is 3.99. The molecule has 0 radical (unpaired) electrons. The van der Waals surface area contributed by atoms with Gasteiger partial charge in [0.15, 0.2) is 0 Å². The normalized spacial score (nSPS) is 11.6. The predicted molar refractivity (Wildman–Crippen MR) is 85.8 cm³/mol. The summed E-state index contributed by atoms with van der Waals surface area (Å²) in [4.78, 5) is 27.2. The van der Waals surface area contributed by atoms with Crippen LogP contribution in [0.2, 0.25) is 0 Å². The van der Waals surface area contributed by atoms with E-state index in [-0.39, 0.29) is 19.4 Å². The third kappa shape index (κ3) is 8.15. The van der Waals surface area contributed by atoms with Crippen molar-refractivity contribution < 1.29 is 44.9 Å². The lowest BCUT2D eigenvalue weighted by atomic mass is 10.1. The fourth-order valence-electron chi connectivity index (χ4n) is 1.62. The van der Waals surface area contributed by atoms with Crippen molar-refractivity contribution in [2.45, 2.75) is 38.1 Å². The number of hydroxylamine groups is 1. The number of unbranched alkanes of at least 4 members (excludes halogenated alkanes) is 1. The number of alkyl halides is 3. The maximum Gasteiger partial charge on any atom is 0.534 e. The minimum absolute atomic E-state index is 0.137. The van der Waals surface area contributed by atoms with Crippen molar-refractivity contribution in [1.82, 2.24) is 5.48 Å². The molecule has 0 atom stereocenters. The maximum atomic E-state index is 12.2. The number of halogens is 3. The Kier molecular flexibility index (Phi) is 8.34. The van der Waals surface area contributed by atoms with E-state index in [2.05, 4.69) is 9.02 Å². The number of ether oxygens (including phenoxy) is 1. The standard InChI is InChI=1S/C15H18F3NO7S/c1-2-3-10-24-14(21)19-25-13(20)9-6-11-4-7-12(8-5-11)26-27(22,23)15(16,17)18/h4-5,7-8H,2-3,6,9-10H2,1H3,(H,19,21). The van der Waals surface area contributed by atoms with Crippen molar-refractivity contribution in [1.29, 1.82) is 0 Å². The van der Waals surface area contributed by atoms with E-state index >= 15 is 0 Å². The van der Waals surface area contributed by atoms with Gasteiger partial charge in [0.2, 0.25) is 0 Å². The molecular weight excluding hydrogens is 395 g/mol. The zero-order valence-corrected chi connectivity index (χ0v) is 15.1. The number of rotatable bonds is 8. The predicted octanol–water partition coefficient (Wildman–Crippen LogP) is 2.83. The number of aryl methyl sites for hydroxylation is 1. The van der Waals surface area contributed by atoms with E-state index in [0.29, 0.717) is 12.0 Å². The zero-order valence-electron chi connectivity index (χ0n) is 14.2. The fraction of sp³-hybridized carbons (Fsp3) is 0.467. The molecule has 0 aliphatic carbocycles. The maximum absolute atomic E-state index is 12.2. The van der Waals surface area contributed by atoms with Crippen LogP contribution in [-0.4, -0.2) is 32.6 Å². The average molecular weight is 413 g/mol. The van der Waals surface area contributed by atoms with Crippen molar-refractivity contribution >= 4 is 22.2 Å². The Morgan fingerprint density at radius 2 is 1.78 bits per heavy atom. The third-order valence-electron chi connectivity index (χ3n) is 3.01. The number of benzene rings is 1. The summed E-state index contributed by atoms with van der Waals surface area (Å²) < 4.78 is 67.1. The van der Waals surface area contributed by atoms with Gasteiger partial charge in [-0.25, -0.2) is 9.59 Å². The van der Waals surface area contributed by atoms with Crippen molar-refractivity contribution in [3.8, 4) is 5.75 Å².